The molecule has 0 bridgehead atoms. The minimum absolute atomic E-state index is 0.0886. The van der Waals surface area contributed by atoms with Crippen LogP contribution in [0.5, 0.6) is 0 Å². The number of nitrogens with zero attached hydrogens (tertiary/aromatic N) is 3. The maximum absolute atomic E-state index is 12.8. The fraction of sp³-hybridized carbons (Fsp3) is 0.278. The van der Waals surface area contributed by atoms with Gasteiger partial charge in [-0.2, -0.15) is 0 Å². The second-order valence-electron chi connectivity index (χ2n) is 6.95. The van der Waals surface area contributed by atoms with E-state index < -0.39 is 0 Å². The molecule has 0 unspecified atom stereocenters. The minimum atomic E-state index is -0.199. The highest BCUT2D eigenvalue weighted by Crippen LogP contribution is 2.38. The lowest BCUT2D eigenvalue weighted by molar-refractivity contribution is 0.102. The number of fused-ring (bicyclic) bond motifs is 3. The number of carbonyl (C=O) groups is 1. The monoisotopic (exact) mass is 355 g/mol. The molecule has 1 aliphatic heterocycles. The summed E-state index contributed by atoms with van der Waals surface area (Å²) in [6.07, 6.45) is 7.83. The van der Waals surface area contributed by atoms with E-state index in [2.05, 4.69) is 38.7 Å². The van der Waals surface area contributed by atoms with E-state index >= 15 is 0 Å². The molecule has 4 rings (SSSR count). The highest BCUT2D eigenvalue weighted by molar-refractivity contribution is 6.30. The lowest BCUT2D eigenvalue weighted by atomic mass is 9.90. The molecule has 1 amide bonds. The van der Waals surface area contributed by atoms with Gasteiger partial charge in [0.15, 0.2) is 0 Å². The number of aromatic amines is 1. The third-order valence-electron chi connectivity index (χ3n) is 4.60. The number of aromatic nitrogens is 4. The first-order chi connectivity index (χ1) is 11.9. The number of rotatable bonds is 2. The highest BCUT2D eigenvalue weighted by atomic mass is 35.5. The summed E-state index contributed by atoms with van der Waals surface area (Å²) in [6.45, 7) is 6.16. The molecule has 3 aromatic rings. The maximum atomic E-state index is 12.8. The molecule has 0 radical (unpaired) electrons. The van der Waals surface area contributed by atoms with Crippen molar-refractivity contribution in [2.45, 2.75) is 32.7 Å². The van der Waals surface area contributed by atoms with E-state index in [1.165, 1.54) is 0 Å². The molecule has 0 spiro atoms. The summed E-state index contributed by atoms with van der Waals surface area (Å²) in [7, 11) is 0. The van der Waals surface area contributed by atoms with Crippen LogP contribution in [-0.4, -0.2) is 25.4 Å². The quantitative estimate of drug-likeness (QED) is 0.687. The van der Waals surface area contributed by atoms with Crippen molar-refractivity contribution in [1.82, 2.24) is 19.5 Å². The summed E-state index contributed by atoms with van der Waals surface area (Å²) >= 11 is 5.94. The van der Waals surface area contributed by atoms with Crippen LogP contribution in [0.25, 0.3) is 11.4 Å². The largest absolute Gasteiger partial charge is 0.364 e. The summed E-state index contributed by atoms with van der Waals surface area (Å²) in [4.78, 5) is 24.6. The van der Waals surface area contributed by atoms with Crippen molar-refractivity contribution in [3.63, 3.8) is 0 Å². The van der Waals surface area contributed by atoms with Crippen LogP contribution in [-0.2, 0) is 12.0 Å². The molecule has 6 nitrogen and oxygen atoms in total. The number of halogens is 1. The molecule has 0 aliphatic carbocycles. The van der Waals surface area contributed by atoms with E-state index in [1.807, 2.05) is 13.1 Å². The third-order valence-corrected chi connectivity index (χ3v) is 5.00. The van der Waals surface area contributed by atoms with Gasteiger partial charge in [0.25, 0.3) is 5.91 Å². The fourth-order valence-electron chi connectivity index (χ4n) is 3.36. The Hall–Kier alpha value is -2.60. The highest BCUT2D eigenvalue weighted by Gasteiger charge is 2.34. The molecule has 0 fully saturated rings. The normalized spacial score (nSPS) is 14.7. The van der Waals surface area contributed by atoms with Crippen LogP contribution in [0.1, 0.15) is 35.5 Å². The average Bonchev–Trinajstić information content (AvgIpc) is 3.17. The first-order valence-electron chi connectivity index (χ1n) is 8.05. The van der Waals surface area contributed by atoms with Crippen molar-refractivity contribution in [1.29, 1.82) is 0 Å². The van der Waals surface area contributed by atoms with Crippen molar-refractivity contribution in [2.24, 2.45) is 0 Å². The smallest absolute Gasteiger partial charge is 0.258 e. The van der Waals surface area contributed by atoms with Crippen molar-refractivity contribution in [3.8, 4) is 11.4 Å². The van der Waals surface area contributed by atoms with Crippen LogP contribution in [0.4, 0.5) is 5.69 Å². The predicted molar refractivity (Wildman–Crippen MR) is 97.0 cm³/mol. The number of H-pyrrole nitrogens is 1. The minimum Gasteiger partial charge on any atom is -0.364 e. The molecule has 0 atom stereocenters. The van der Waals surface area contributed by atoms with Gasteiger partial charge in [0.1, 0.15) is 11.0 Å². The fourth-order valence-corrected chi connectivity index (χ4v) is 3.46. The van der Waals surface area contributed by atoms with Gasteiger partial charge in [-0.05, 0) is 32.4 Å². The zero-order chi connectivity index (χ0) is 17.8. The zero-order valence-electron chi connectivity index (χ0n) is 14.2. The number of imidazole rings is 1. The topological polar surface area (TPSA) is 75.6 Å². The first-order valence-corrected chi connectivity index (χ1v) is 8.42. The van der Waals surface area contributed by atoms with Crippen LogP contribution in [0.3, 0.4) is 0 Å². The predicted octanol–water partition coefficient (Wildman–Crippen LogP) is 3.78. The Morgan fingerprint density at radius 2 is 2.20 bits per heavy atom. The van der Waals surface area contributed by atoms with Gasteiger partial charge in [-0.25, -0.2) is 9.97 Å². The Balaban J connectivity index is 1.71. The van der Waals surface area contributed by atoms with Gasteiger partial charge in [0.2, 0.25) is 0 Å². The number of aryl methyl sites for hydroxylation is 1. The van der Waals surface area contributed by atoms with E-state index in [9.17, 15) is 4.79 Å². The molecular weight excluding hydrogens is 338 g/mol. The number of nitrogens with one attached hydrogen (secondary N) is 2. The molecule has 0 saturated carbocycles. The third kappa shape index (κ3) is 2.53. The Labute approximate surface area is 150 Å². The summed E-state index contributed by atoms with van der Waals surface area (Å²) in [5, 5.41) is 3.32. The molecule has 1 aliphatic rings. The van der Waals surface area contributed by atoms with Crippen molar-refractivity contribution >= 4 is 23.2 Å². The molecule has 128 valence electrons. The van der Waals surface area contributed by atoms with Crippen LogP contribution >= 0.6 is 11.6 Å². The van der Waals surface area contributed by atoms with Crippen molar-refractivity contribution in [2.75, 3.05) is 5.32 Å². The van der Waals surface area contributed by atoms with Gasteiger partial charge < -0.3 is 14.9 Å². The van der Waals surface area contributed by atoms with E-state index in [0.717, 1.165) is 29.1 Å². The van der Waals surface area contributed by atoms with Gasteiger partial charge in [-0.3, -0.25) is 4.79 Å². The van der Waals surface area contributed by atoms with Gasteiger partial charge >= 0.3 is 0 Å². The zero-order valence-corrected chi connectivity index (χ0v) is 15.0. The Bertz CT molecular complexity index is 985. The number of amides is 1. The molecule has 25 heavy (non-hydrogen) atoms. The van der Waals surface area contributed by atoms with Crippen molar-refractivity contribution in [3.05, 3.63) is 52.8 Å². The van der Waals surface area contributed by atoms with Crippen LogP contribution in [0.2, 0.25) is 5.15 Å². The molecule has 0 saturated heterocycles. The Morgan fingerprint density at radius 1 is 1.40 bits per heavy atom. The number of hydrogen-bond acceptors (Lipinski definition) is 3. The Kier molecular flexibility index (Phi) is 3.47. The average molecular weight is 356 g/mol. The standard InChI is InChI=1S/C18H18ClN5O/c1-10-6-11(8-22-15(10)19)23-17(25)12-9-21-13-7-18(2,3)24-5-4-20-16(24)14(12)13/h4-6,8-9,21H,7H2,1-3H3,(H,23,25). The summed E-state index contributed by atoms with van der Waals surface area (Å²) < 4.78 is 2.12. The number of pyridine rings is 1. The lowest BCUT2D eigenvalue weighted by Gasteiger charge is -2.32. The lowest BCUT2D eigenvalue weighted by Crippen LogP contribution is -2.33. The second-order valence-corrected chi connectivity index (χ2v) is 7.31. The number of hydrogen-bond donors (Lipinski definition) is 2. The molecule has 2 N–H and O–H groups in total. The van der Waals surface area contributed by atoms with Gasteiger partial charge in [-0.15, -0.1) is 0 Å². The van der Waals surface area contributed by atoms with Crippen LogP contribution in [0, 0.1) is 6.92 Å². The molecule has 0 aromatic carbocycles. The maximum Gasteiger partial charge on any atom is 0.258 e. The summed E-state index contributed by atoms with van der Waals surface area (Å²) in [6, 6.07) is 1.80. The SMILES string of the molecule is Cc1cc(NC(=O)c2c[nH]c3c2-c2nccn2C(C)(C)C3)cnc1Cl. The summed E-state index contributed by atoms with van der Waals surface area (Å²) in [5.41, 5.74) is 3.80. The molecular formula is C18H18ClN5O. The molecule has 7 heteroatoms. The van der Waals surface area contributed by atoms with E-state index in [1.54, 1.807) is 24.7 Å². The van der Waals surface area contributed by atoms with Gasteiger partial charge in [0, 0.05) is 36.2 Å². The van der Waals surface area contributed by atoms with Crippen LogP contribution in [0.15, 0.2) is 30.9 Å². The van der Waals surface area contributed by atoms with E-state index in [0.29, 0.717) is 16.4 Å². The molecule has 3 aromatic heterocycles. The second kappa shape index (κ2) is 5.46. The van der Waals surface area contributed by atoms with Crippen molar-refractivity contribution < 1.29 is 4.79 Å². The first kappa shape index (κ1) is 15.9. The summed E-state index contributed by atoms with van der Waals surface area (Å²) in [5.74, 6) is 0.610. The molecule has 4 heterocycles. The van der Waals surface area contributed by atoms with E-state index in [4.69, 9.17) is 11.6 Å². The van der Waals surface area contributed by atoms with Gasteiger partial charge in [-0.1, -0.05) is 11.6 Å². The van der Waals surface area contributed by atoms with E-state index in [-0.39, 0.29) is 11.4 Å². The number of anilines is 1. The Morgan fingerprint density at radius 3 is 2.96 bits per heavy atom. The van der Waals surface area contributed by atoms with Crippen LogP contribution < -0.4 is 5.32 Å². The van der Waals surface area contributed by atoms with Gasteiger partial charge in [0.05, 0.1) is 23.0 Å². The number of carbonyl (C=O) groups excluding carboxylic acids is 1.